The minimum absolute atomic E-state index is 0.0552. The zero-order valence-corrected chi connectivity index (χ0v) is 19.6. The molecule has 11 heteroatoms. The summed E-state index contributed by atoms with van der Waals surface area (Å²) < 4.78 is 17.6. The normalized spacial score (nSPS) is 19.3. The number of carbonyl (C=O) groups excluding carboxylic acids is 1. The van der Waals surface area contributed by atoms with Crippen LogP contribution in [0.2, 0.25) is 0 Å². The van der Waals surface area contributed by atoms with Crippen LogP contribution in [0.1, 0.15) is 43.0 Å². The lowest BCUT2D eigenvalue weighted by atomic mass is 9.95. The third kappa shape index (κ3) is 4.41. The van der Waals surface area contributed by atoms with Crippen molar-refractivity contribution in [2.45, 2.75) is 50.0 Å². The molecule has 0 unspecified atom stereocenters. The Bertz CT molecular complexity index is 1180. The topological polar surface area (TPSA) is 136 Å². The molecule has 0 fully saturated rings. The Morgan fingerprint density at radius 2 is 2.06 bits per heavy atom. The predicted octanol–water partition coefficient (Wildman–Crippen LogP) is 1.61. The fourth-order valence-corrected chi connectivity index (χ4v) is 5.48. The molecule has 0 aromatic carbocycles. The van der Waals surface area contributed by atoms with E-state index < -0.39 is 22.4 Å². The van der Waals surface area contributed by atoms with Gasteiger partial charge in [0, 0.05) is 37.2 Å². The monoisotopic (exact) mass is 469 g/mol. The van der Waals surface area contributed by atoms with Gasteiger partial charge in [-0.1, -0.05) is 6.08 Å². The lowest BCUT2D eigenvalue weighted by Crippen LogP contribution is -2.39. The number of aryl methyl sites for hydroxylation is 3. The number of aromatic nitrogens is 4. The highest BCUT2D eigenvalue weighted by molar-refractivity contribution is 7.85. The highest BCUT2D eigenvalue weighted by Gasteiger charge is 2.31. The van der Waals surface area contributed by atoms with Gasteiger partial charge < -0.3 is 20.7 Å². The van der Waals surface area contributed by atoms with E-state index in [1.165, 1.54) is 5.56 Å². The molecule has 0 radical (unpaired) electrons. The Kier molecular flexibility index (Phi) is 5.51. The molecule has 0 spiro atoms. The maximum absolute atomic E-state index is 12.6. The van der Waals surface area contributed by atoms with Crippen LogP contribution >= 0.6 is 0 Å². The number of nitrogens with zero attached hydrogens (tertiary/aromatic N) is 5. The van der Waals surface area contributed by atoms with Gasteiger partial charge in [-0.25, -0.2) is 19.7 Å². The first-order valence-corrected chi connectivity index (χ1v) is 12.4. The number of rotatable bonds is 6. The van der Waals surface area contributed by atoms with Crippen molar-refractivity contribution in [3.8, 4) is 0 Å². The summed E-state index contributed by atoms with van der Waals surface area (Å²) in [5, 5.41) is 3.30. The highest BCUT2D eigenvalue weighted by atomic mass is 32.2. The maximum Gasteiger partial charge on any atom is 0.404 e. The number of ether oxygens (including phenoxy) is 1. The molecule has 3 aliphatic rings. The second-order valence-electron chi connectivity index (χ2n) is 9.16. The summed E-state index contributed by atoms with van der Waals surface area (Å²) >= 11 is 0. The second kappa shape index (κ2) is 8.36. The number of hydrogen-bond acceptors (Lipinski definition) is 9. The van der Waals surface area contributed by atoms with Crippen LogP contribution in [0.25, 0.3) is 5.57 Å². The lowest BCUT2D eigenvalue weighted by Gasteiger charge is -2.30. The third-order valence-electron chi connectivity index (χ3n) is 6.07. The molecule has 0 bridgehead atoms. The van der Waals surface area contributed by atoms with Crippen molar-refractivity contribution >= 4 is 34.2 Å². The molecule has 10 nitrogen and oxygen atoms in total. The average Bonchev–Trinajstić information content (AvgIpc) is 3.14. The van der Waals surface area contributed by atoms with Crippen molar-refractivity contribution in [3.63, 3.8) is 0 Å². The number of nitrogens with one attached hydrogen (secondary N) is 1. The molecule has 2 aliphatic heterocycles. The standard InChI is InChI=1S/C22H27N7O3S/c1-22(2,12-32-20(23)30)28-19-17-16(7-10-33(17)31)26-21(27-19)29-8-5-13(6-9-29)18-24-11-14-3-4-15(14)25-18/h5,11H,3-4,6-10,12H2,1-2H3,(H2,23,30)(H,26,27,28)/t33-/m0/s1. The van der Waals surface area contributed by atoms with Crippen LogP contribution in [0.3, 0.4) is 0 Å². The minimum atomic E-state index is -1.17. The first kappa shape index (κ1) is 21.7. The van der Waals surface area contributed by atoms with Crippen LogP contribution < -0.4 is 16.0 Å². The van der Waals surface area contributed by atoms with E-state index in [1.54, 1.807) is 0 Å². The van der Waals surface area contributed by atoms with Crippen molar-refractivity contribution in [1.82, 2.24) is 19.9 Å². The summed E-state index contributed by atoms with van der Waals surface area (Å²) in [6, 6.07) is 0. The van der Waals surface area contributed by atoms with Crippen LogP contribution in [0.4, 0.5) is 16.6 Å². The lowest BCUT2D eigenvalue weighted by molar-refractivity contribution is 0.138. The summed E-state index contributed by atoms with van der Waals surface area (Å²) in [5.41, 5.74) is 8.83. The minimum Gasteiger partial charge on any atom is -0.447 e. The van der Waals surface area contributed by atoms with Crippen molar-refractivity contribution < 1.29 is 13.7 Å². The van der Waals surface area contributed by atoms with E-state index in [2.05, 4.69) is 21.3 Å². The second-order valence-corrected chi connectivity index (χ2v) is 10.7. The SMILES string of the molecule is CC(C)(COC(N)=O)Nc1nc(N2CC=C(c3ncc4c(n3)CC4)CC2)nc2c1[S@@](=O)CC2. The van der Waals surface area contributed by atoms with Gasteiger partial charge in [-0.2, -0.15) is 4.98 Å². The average molecular weight is 470 g/mol. The molecule has 4 heterocycles. The number of anilines is 2. The number of hydrogen-bond donors (Lipinski definition) is 2. The molecule has 1 amide bonds. The summed E-state index contributed by atoms with van der Waals surface area (Å²) in [6.45, 7) is 5.17. The summed E-state index contributed by atoms with van der Waals surface area (Å²) in [5.74, 6) is 2.46. The number of carbonyl (C=O) groups is 1. The number of nitrogens with two attached hydrogens (primary N) is 1. The van der Waals surface area contributed by atoms with E-state index in [9.17, 15) is 9.00 Å². The largest absolute Gasteiger partial charge is 0.447 e. The molecule has 1 aliphatic carbocycles. The van der Waals surface area contributed by atoms with Gasteiger partial charge in [0.2, 0.25) is 5.95 Å². The first-order chi connectivity index (χ1) is 15.8. The highest BCUT2D eigenvalue weighted by Crippen LogP contribution is 2.33. The molecule has 5 rings (SSSR count). The number of fused-ring (bicyclic) bond motifs is 2. The molecule has 174 valence electrons. The fourth-order valence-electron chi connectivity index (χ4n) is 4.17. The molecule has 0 saturated heterocycles. The van der Waals surface area contributed by atoms with E-state index in [-0.39, 0.29) is 6.61 Å². The number of primary amides is 1. The summed E-state index contributed by atoms with van der Waals surface area (Å²) in [6.07, 6.45) is 6.79. The van der Waals surface area contributed by atoms with Gasteiger partial charge in [0.1, 0.15) is 17.3 Å². The molecular weight excluding hydrogens is 442 g/mol. The quantitative estimate of drug-likeness (QED) is 0.646. The van der Waals surface area contributed by atoms with Crippen LogP contribution in [0.15, 0.2) is 17.2 Å². The molecule has 0 saturated carbocycles. The van der Waals surface area contributed by atoms with Gasteiger partial charge >= 0.3 is 6.09 Å². The molecule has 2 aromatic heterocycles. The van der Waals surface area contributed by atoms with Crippen LogP contribution in [-0.2, 0) is 34.8 Å². The number of amides is 1. The molecule has 1 atom stereocenters. The Labute approximate surface area is 194 Å². The van der Waals surface area contributed by atoms with E-state index in [0.717, 1.165) is 48.6 Å². The van der Waals surface area contributed by atoms with E-state index in [1.807, 2.05) is 20.0 Å². The zero-order chi connectivity index (χ0) is 23.2. The molecule has 3 N–H and O–H groups in total. The maximum atomic E-state index is 12.6. The molecular formula is C22H27N7O3S. The Morgan fingerprint density at radius 1 is 1.21 bits per heavy atom. The summed E-state index contributed by atoms with van der Waals surface area (Å²) in [4.78, 5) is 32.5. The van der Waals surface area contributed by atoms with Crippen molar-refractivity contribution in [2.24, 2.45) is 5.73 Å². The van der Waals surface area contributed by atoms with Gasteiger partial charge in [0.15, 0.2) is 5.82 Å². The van der Waals surface area contributed by atoms with Gasteiger partial charge in [0.05, 0.1) is 22.0 Å². The zero-order valence-electron chi connectivity index (χ0n) is 18.8. The van der Waals surface area contributed by atoms with E-state index in [0.29, 0.717) is 35.4 Å². The van der Waals surface area contributed by atoms with Crippen LogP contribution in [0.5, 0.6) is 0 Å². The van der Waals surface area contributed by atoms with Gasteiger partial charge in [-0.3, -0.25) is 4.21 Å². The Hall–Kier alpha value is -3.08. The molecule has 33 heavy (non-hydrogen) atoms. The predicted molar refractivity (Wildman–Crippen MR) is 124 cm³/mol. The van der Waals surface area contributed by atoms with Crippen molar-refractivity contribution in [1.29, 1.82) is 0 Å². The van der Waals surface area contributed by atoms with E-state index in [4.69, 9.17) is 25.4 Å². The molecule has 2 aromatic rings. The third-order valence-corrected chi connectivity index (χ3v) is 7.53. The van der Waals surface area contributed by atoms with Gasteiger partial charge in [-0.15, -0.1) is 0 Å². The smallest absolute Gasteiger partial charge is 0.404 e. The summed E-state index contributed by atoms with van der Waals surface area (Å²) in [7, 11) is -1.17. The Balaban J connectivity index is 1.38. The van der Waals surface area contributed by atoms with Crippen molar-refractivity contribution in [3.05, 3.63) is 35.0 Å². The van der Waals surface area contributed by atoms with Gasteiger partial charge in [-0.05, 0) is 44.2 Å². The first-order valence-electron chi connectivity index (χ1n) is 11.1. The van der Waals surface area contributed by atoms with Crippen LogP contribution in [0, 0.1) is 0 Å². The van der Waals surface area contributed by atoms with Crippen LogP contribution in [-0.4, -0.2) is 61.2 Å². The Morgan fingerprint density at radius 3 is 2.73 bits per heavy atom. The van der Waals surface area contributed by atoms with Gasteiger partial charge in [0.25, 0.3) is 0 Å². The fraction of sp³-hybridized carbons (Fsp3) is 0.500. The van der Waals surface area contributed by atoms with Crippen molar-refractivity contribution in [2.75, 3.05) is 35.7 Å². The van der Waals surface area contributed by atoms with E-state index >= 15 is 0 Å².